The molecule has 0 bridgehead atoms. The average molecular weight is 277 g/mol. The van der Waals surface area contributed by atoms with Gasteiger partial charge in [0.05, 0.1) is 20.1 Å². The van der Waals surface area contributed by atoms with Crippen LogP contribution in [-0.2, 0) is 14.3 Å². The molecular formula is C15H19NO4. The molecule has 1 unspecified atom stereocenters. The minimum atomic E-state index is -0.427. The minimum absolute atomic E-state index is 0.0613. The fourth-order valence-electron chi connectivity index (χ4n) is 2.36. The van der Waals surface area contributed by atoms with E-state index in [0.717, 1.165) is 12.2 Å². The smallest absolute Gasteiger partial charge is 0.328 e. The van der Waals surface area contributed by atoms with Gasteiger partial charge in [-0.15, -0.1) is 0 Å². The number of likely N-dealkylation sites (tertiary alicyclic amines) is 1. The molecule has 0 N–H and O–H groups in total. The Morgan fingerprint density at radius 2 is 2.05 bits per heavy atom. The Morgan fingerprint density at radius 3 is 2.75 bits per heavy atom. The maximum absolute atomic E-state index is 12.1. The summed E-state index contributed by atoms with van der Waals surface area (Å²) in [5.74, 6) is 0.347. The number of benzene rings is 1. The van der Waals surface area contributed by atoms with E-state index in [0.29, 0.717) is 19.6 Å². The lowest BCUT2D eigenvalue weighted by Gasteiger charge is -2.22. The maximum atomic E-state index is 12.1. The number of hydrogen-bond acceptors (Lipinski definition) is 4. The Hall–Kier alpha value is -2.04. The summed E-state index contributed by atoms with van der Waals surface area (Å²) in [7, 11) is 1.35. The van der Waals surface area contributed by atoms with Gasteiger partial charge in [0.1, 0.15) is 11.8 Å². The average Bonchev–Trinajstić information content (AvgIpc) is 2.97. The van der Waals surface area contributed by atoms with Gasteiger partial charge in [-0.2, -0.15) is 0 Å². The number of carbonyl (C=O) groups excluding carboxylic acids is 2. The second kappa shape index (κ2) is 6.93. The molecule has 1 saturated heterocycles. The number of para-hydroxylation sites is 1. The maximum Gasteiger partial charge on any atom is 0.328 e. The Balaban J connectivity index is 1.81. The second-order valence-corrected chi connectivity index (χ2v) is 4.68. The standard InChI is InChI=1S/C15H19NO4/c1-19-15(18)13-8-5-10-16(13)14(17)9-11-20-12-6-3-2-4-7-12/h2-4,6-7,13H,5,8-11H2,1H3. The summed E-state index contributed by atoms with van der Waals surface area (Å²) < 4.78 is 10.2. The van der Waals surface area contributed by atoms with Crippen LogP contribution in [0, 0.1) is 0 Å². The fraction of sp³-hybridized carbons (Fsp3) is 0.467. The van der Waals surface area contributed by atoms with Crippen molar-refractivity contribution in [2.24, 2.45) is 0 Å². The largest absolute Gasteiger partial charge is 0.493 e. The molecule has 0 radical (unpaired) electrons. The van der Waals surface area contributed by atoms with Crippen molar-refractivity contribution < 1.29 is 19.1 Å². The Kier molecular flexibility index (Phi) is 4.98. The van der Waals surface area contributed by atoms with Gasteiger partial charge < -0.3 is 14.4 Å². The van der Waals surface area contributed by atoms with Crippen LogP contribution in [0.3, 0.4) is 0 Å². The SMILES string of the molecule is COC(=O)C1CCCN1C(=O)CCOc1ccccc1. The van der Waals surface area contributed by atoms with Crippen molar-refractivity contribution in [3.8, 4) is 5.75 Å². The minimum Gasteiger partial charge on any atom is -0.493 e. The Labute approximate surface area is 118 Å². The highest BCUT2D eigenvalue weighted by molar-refractivity contribution is 5.85. The fourth-order valence-corrected chi connectivity index (χ4v) is 2.36. The molecule has 1 aromatic rings. The molecule has 0 aromatic heterocycles. The summed E-state index contributed by atoms with van der Waals surface area (Å²) in [6, 6.07) is 8.93. The van der Waals surface area contributed by atoms with Crippen molar-refractivity contribution in [2.45, 2.75) is 25.3 Å². The highest BCUT2D eigenvalue weighted by Crippen LogP contribution is 2.19. The van der Waals surface area contributed by atoms with Crippen LogP contribution < -0.4 is 4.74 Å². The zero-order valence-electron chi connectivity index (χ0n) is 11.6. The molecule has 2 rings (SSSR count). The van der Waals surface area contributed by atoms with Crippen LogP contribution in [0.4, 0.5) is 0 Å². The zero-order valence-corrected chi connectivity index (χ0v) is 11.6. The van der Waals surface area contributed by atoms with Gasteiger partial charge >= 0.3 is 5.97 Å². The molecule has 1 heterocycles. The molecule has 108 valence electrons. The highest BCUT2D eigenvalue weighted by atomic mass is 16.5. The van der Waals surface area contributed by atoms with Crippen molar-refractivity contribution in [1.82, 2.24) is 4.90 Å². The van der Waals surface area contributed by atoms with Gasteiger partial charge in [-0.05, 0) is 25.0 Å². The summed E-state index contributed by atoms with van der Waals surface area (Å²) in [5.41, 5.74) is 0. The summed E-state index contributed by atoms with van der Waals surface area (Å²) >= 11 is 0. The van der Waals surface area contributed by atoms with E-state index in [2.05, 4.69) is 0 Å². The van der Waals surface area contributed by atoms with Crippen molar-refractivity contribution in [3.63, 3.8) is 0 Å². The molecular weight excluding hydrogens is 258 g/mol. The molecule has 1 fully saturated rings. The van der Waals surface area contributed by atoms with E-state index < -0.39 is 6.04 Å². The molecule has 20 heavy (non-hydrogen) atoms. The predicted molar refractivity (Wildman–Crippen MR) is 73.3 cm³/mol. The number of nitrogens with zero attached hydrogens (tertiary/aromatic N) is 1. The van der Waals surface area contributed by atoms with Crippen LogP contribution >= 0.6 is 0 Å². The van der Waals surface area contributed by atoms with Crippen molar-refractivity contribution in [3.05, 3.63) is 30.3 Å². The first-order valence-corrected chi connectivity index (χ1v) is 6.77. The molecule has 1 aliphatic rings. The van der Waals surface area contributed by atoms with E-state index >= 15 is 0 Å². The molecule has 5 heteroatoms. The van der Waals surface area contributed by atoms with Gasteiger partial charge in [-0.25, -0.2) is 4.79 Å². The third-order valence-corrected chi connectivity index (χ3v) is 3.37. The Morgan fingerprint density at radius 1 is 1.30 bits per heavy atom. The first-order chi connectivity index (χ1) is 9.72. The zero-order chi connectivity index (χ0) is 14.4. The molecule has 1 atom stereocenters. The molecule has 0 spiro atoms. The summed E-state index contributed by atoms with van der Waals surface area (Å²) in [6.45, 7) is 0.928. The molecule has 1 amide bonds. The van der Waals surface area contributed by atoms with E-state index in [9.17, 15) is 9.59 Å². The van der Waals surface area contributed by atoms with Crippen LogP contribution in [-0.4, -0.2) is 43.1 Å². The predicted octanol–water partition coefficient (Wildman–Crippen LogP) is 1.62. The van der Waals surface area contributed by atoms with Crippen LogP contribution in [0.5, 0.6) is 5.75 Å². The van der Waals surface area contributed by atoms with Crippen LogP contribution in [0.2, 0.25) is 0 Å². The van der Waals surface area contributed by atoms with E-state index in [4.69, 9.17) is 9.47 Å². The number of ether oxygens (including phenoxy) is 2. The molecule has 1 aliphatic heterocycles. The van der Waals surface area contributed by atoms with E-state index in [1.165, 1.54) is 7.11 Å². The summed E-state index contributed by atoms with van der Waals surface area (Å²) in [5, 5.41) is 0. The van der Waals surface area contributed by atoms with Crippen LogP contribution in [0.1, 0.15) is 19.3 Å². The van der Waals surface area contributed by atoms with Crippen LogP contribution in [0.15, 0.2) is 30.3 Å². The van der Waals surface area contributed by atoms with Gasteiger partial charge in [-0.3, -0.25) is 4.79 Å². The molecule has 0 aliphatic carbocycles. The first-order valence-electron chi connectivity index (χ1n) is 6.77. The summed E-state index contributed by atoms with van der Waals surface area (Å²) in [4.78, 5) is 25.3. The number of hydrogen-bond donors (Lipinski definition) is 0. The number of amides is 1. The van der Waals surface area contributed by atoms with Gasteiger partial charge in [-0.1, -0.05) is 18.2 Å². The number of carbonyl (C=O) groups is 2. The third kappa shape index (κ3) is 3.50. The topological polar surface area (TPSA) is 55.8 Å². The van der Waals surface area contributed by atoms with Crippen LogP contribution in [0.25, 0.3) is 0 Å². The van der Waals surface area contributed by atoms with Crippen molar-refractivity contribution >= 4 is 11.9 Å². The number of rotatable bonds is 5. The normalized spacial score (nSPS) is 17.9. The monoisotopic (exact) mass is 277 g/mol. The lowest BCUT2D eigenvalue weighted by atomic mass is 10.2. The van der Waals surface area contributed by atoms with Gasteiger partial charge in [0.15, 0.2) is 0 Å². The van der Waals surface area contributed by atoms with Gasteiger partial charge in [0.2, 0.25) is 5.91 Å². The highest BCUT2D eigenvalue weighted by Gasteiger charge is 2.34. The third-order valence-electron chi connectivity index (χ3n) is 3.37. The number of esters is 1. The number of methoxy groups -OCH3 is 1. The van der Waals surface area contributed by atoms with Crippen molar-refractivity contribution in [1.29, 1.82) is 0 Å². The van der Waals surface area contributed by atoms with Gasteiger partial charge in [0.25, 0.3) is 0 Å². The first kappa shape index (κ1) is 14.4. The quantitative estimate of drug-likeness (QED) is 0.767. The van der Waals surface area contributed by atoms with E-state index in [-0.39, 0.29) is 18.3 Å². The second-order valence-electron chi connectivity index (χ2n) is 4.68. The summed E-state index contributed by atoms with van der Waals surface area (Å²) in [6.07, 6.45) is 1.78. The lowest BCUT2D eigenvalue weighted by molar-refractivity contribution is -0.151. The molecule has 5 nitrogen and oxygen atoms in total. The molecule has 1 aromatic carbocycles. The van der Waals surface area contributed by atoms with Gasteiger partial charge in [0, 0.05) is 6.54 Å². The van der Waals surface area contributed by atoms with E-state index in [1.807, 2.05) is 30.3 Å². The lowest BCUT2D eigenvalue weighted by Crippen LogP contribution is -2.41. The van der Waals surface area contributed by atoms with E-state index in [1.54, 1.807) is 4.90 Å². The molecule has 0 saturated carbocycles. The van der Waals surface area contributed by atoms with Crippen molar-refractivity contribution in [2.75, 3.05) is 20.3 Å². The Bertz CT molecular complexity index is 460.